The minimum absolute atomic E-state index is 0.103. The van der Waals surface area contributed by atoms with Gasteiger partial charge in [-0.1, -0.05) is 0 Å². The number of hydrogen-bond donors (Lipinski definition) is 2. The average molecular weight is 424 g/mol. The number of nitrogens with zero attached hydrogens (tertiary/aromatic N) is 6. The van der Waals surface area contributed by atoms with Crippen molar-refractivity contribution in [3.63, 3.8) is 0 Å². The first kappa shape index (κ1) is 18.0. The molecule has 2 aliphatic rings. The molecule has 0 spiro atoms. The van der Waals surface area contributed by atoms with Gasteiger partial charge in [-0.05, 0) is 56.7 Å². The molecule has 0 unspecified atom stereocenters. The highest BCUT2D eigenvalue weighted by molar-refractivity contribution is 7.00. The van der Waals surface area contributed by atoms with Crippen molar-refractivity contribution in [3.8, 4) is 0 Å². The molecule has 0 radical (unpaired) electrons. The monoisotopic (exact) mass is 423 g/mol. The molecule has 0 atom stereocenters. The van der Waals surface area contributed by atoms with Crippen molar-refractivity contribution in [2.24, 2.45) is 7.05 Å². The van der Waals surface area contributed by atoms with Gasteiger partial charge >= 0.3 is 5.69 Å². The molecule has 1 aromatic carbocycles. The smallest absolute Gasteiger partial charge is 0.330 e. The van der Waals surface area contributed by atoms with Gasteiger partial charge in [0.2, 0.25) is 5.95 Å². The Bertz CT molecular complexity index is 1380. The zero-order valence-electron chi connectivity index (χ0n) is 16.7. The molecule has 2 fully saturated rings. The van der Waals surface area contributed by atoms with Crippen LogP contribution < -0.4 is 11.0 Å². The van der Waals surface area contributed by atoms with Crippen LogP contribution in [0.4, 0.5) is 11.6 Å². The van der Waals surface area contributed by atoms with Crippen molar-refractivity contribution in [2.75, 3.05) is 5.32 Å². The zero-order valence-corrected chi connectivity index (χ0v) is 17.5. The number of aromatic nitrogens is 6. The third-order valence-corrected chi connectivity index (χ3v) is 7.45. The van der Waals surface area contributed by atoms with Gasteiger partial charge in [-0.2, -0.15) is 13.7 Å². The maximum atomic E-state index is 13.1. The third kappa shape index (κ3) is 2.40. The zero-order chi connectivity index (χ0) is 20.7. The molecular formula is C20H21N7O2S. The first-order valence-corrected chi connectivity index (χ1v) is 10.8. The summed E-state index contributed by atoms with van der Waals surface area (Å²) >= 11 is 1.18. The normalized spacial score (nSPS) is 25.6. The molecule has 30 heavy (non-hydrogen) atoms. The fourth-order valence-corrected chi connectivity index (χ4v) is 5.75. The Balaban J connectivity index is 1.47. The van der Waals surface area contributed by atoms with Crippen LogP contribution in [-0.2, 0) is 12.6 Å². The second-order valence-corrected chi connectivity index (χ2v) is 9.28. The molecule has 0 aliphatic heterocycles. The van der Waals surface area contributed by atoms with Crippen molar-refractivity contribution >= 4 is 45.6 Å². The fourth-order valence-electron chi connectivity index (χ4n) is 5.24. The van der Waals surface area contributed by atoms with Gasteiger partial charge in [-0.25, -0.2) is 9.78 Å². The Hall–Kier alpha value is -2.85. The number of nitrogens with one attached hydrogen (secondary N) is 1. The van der Waals surface area contributed by atoms with Crippen LogP contribution in [0.2, 0.25) is 0 Å². The summed E-state index contributed by atoms with van der Waals surface area (Å²) in [5.41, 5.74) is 3.74. The van der Waals surface area contributed by atoms with Crippen molar-refractivity contribution in [3.05, 3.63) is 34.4 Å². The second kappa shape index (κ2) is 5.86. The lowest BCUT2D eigenvalue weighted by Gasteiger charge is -2.27. The van der Waals surface area contributed by atoms with Gasteiger partial charge in [0.25, 0.3) is 0 Å². The van der Waals surface area contributed by atoms with Crippen LogP contribution in [0.25, 0.3) is 22.2 Å². The van der Waals surface area contributed by atoms with E-state index in [1.807, 2.05) is 19.1 Å². The molecule has 0 amide bonds. The Morgan fingerprint density at radius 3 is 2.60 bits per heavy atom. The van der Waals surface area contributed by atoms with E-state index in [2.05, 4.69) is 19.0 Å². The van der Waals surface area contributed by atoms with E-state index in [1.165, 1.54) is 11.7 Å². The van der Waals surface area contributed by atoms with E-state index in [9.17, 15) is 9.90 Å². The Kier molecular flexibility index (Phi) is 3.51. The summed E-state index contributed by atoms with van der Waals surface area (Å²) < 4.78 is 12.0. The number of aliphatic hydroxyl groups is 1. The first-order valence-electron chi connectivity index (χ1n) is 10.0. The number of aryl methyl sites for hydroxylation is 2. The molecule has 2 bridgehead atoms. The van der Waals surface area contributed by atoms with Gasteiger partial charge < -0.3 is 10.4 Å². The van der Waals surface area contributed by atoms with Crippen LogP contribution in [0.5, 0.6) is 0 Å². The lowest BCUT2D eigenvalue weighted by Crippen LogP contribution is -2.38. The number of imidazole rings is 1. The highest BCUT2D eigenvalue weighted by atomic mass is 32.1. The molecule has 2 saturated carbocycles. The molecule has 6 rings (SSSR count). The Morgan fingerprint density at radius 1 is 1.17 bits per heavy atom. The predicted molar refractivity (Wildman–Crippen MR) is 114 cm³/mol. The molecule has 3 heterocycles. The maximum absolute atomic E-state index is 13.1. The molecule has 9 nitrogen and oxygen atoms in total. The standard InChI is InChI=1S/C20H21N7O2S/c1-11-7-13-14(25-30-24-13)8-12(11)22-17-21-9-15-16(23-17)27(18(28)26(15)2)19-3-5-20(29,10-19)6-4-19/h7-9,29H,3-6,10H2,1-2H3,(H,21,22,23). The molecule has 4 aromatic rings. The van der Waals surface area contributed by atoms with E-state index >= 15 is 0 Å². The van der Waals surface area contributed by atoms with Crippen LogP contribution >= 0.6 is 11.7 Å². The van der Waals surface area contributed by atoms with Gasteiger partial charge in [-0.3, -0.25) is 9.13 Å². The molecule has 2 N–H and O–H groups in total. The van der Waals surface area contributed by atoms with Crippen LogP contribution in [0.15, 0.2) is 23.1 Å². The maximum Gasteiger partial charge on any atom is 0.330 e. The molecule has 10 heteroatoms. The summed E-state index contributed by atoms with van der Waals surface area (Å²) in [7, 11) is 1.75. The summed E-state index contributed by atoms with van der Waals surface area (Å²) in [6.07, 6.45) is 5.34. The van der Waals surface area contributed by atoms with Crippen LogP contribution in [0.3, 0.4) is 0 Å². The van der Waals surface area contributed by atoms with Crippen molar-refractivity contribution in [1.82, 2.24) is 27.8 Å². The third-order valence-electron chi connectivity index (χ3n) is 6.89. The predicted octanol–water partition coefficient (Wildman–Crippen LogP) is 2.59. The fraction of sp³-hybridized carbons (Fsp3) is 0.450. The van der Waals surface area contributed by atoms with Crippen molar-refractivity contribution < 1.29 is 5.11 Å². The molecule has 3 aromatic heterocycles. The van der Waals surface area contributed by atoms with E-state index in [4.69, 9.17) is 4.98 Å². The van der Waals surface area contributed by atoms with Crippen molar-refractivity contribution in [2.45, 2.75) is 50.2 Å². The molecular weight excluding hydrogens is 402 g/mol. The molecule has 0 saturated heterocycles. The summed E-state index contributed by atoms with van der Waals surface area (Å²) in [5, 5.41) is 14.0. The van der Waals surface area contributed by atoms with Gasteiger partial charge in [0.05, 0.1) is 29.1 Å². The number of hydrogen-bond acceptors (Lipinski definition) is 8. The SMILES string of the molecule is Cc1cc2nsnc2cc1Nc1ncc2c(n1)n(C13CCC(O)(CC1)C3)c(=O)n2C. The average Bonchev–Trinajstić information content (AvgIpc) is 3.45. The van der Waals surface area contributed by atoms with Crippen molar-refractivity contribution in [1.29, 1.82) is 0 Å². The summed E-state index contributed by atoms with van der Waals surface area (Å²) in [6.45, 7) is 1.99. The molecule has 2 aliphatic carbocycles. The lowest BCUT2D eigenvalue weighted by atomic mass is 9.92. The van der Waals surface area contributed by atoms with E-state index in [0.29, 0.717) is 23.5 Å². The second-order valence-electron chi connectivity index (χ2n) is 8.75. The van der Waals surface area contributed by atoms with Gasteiger partial charge in [0, 0.05) is 12.7 Å². The number of anilines is 2. The first-order chi connectivity index (χ1) is 14.4. The van der Waals surface area contributed by atoms with E-state index in [1.54, 1.807) is 22.4 Å². The van der Waals surface area contributed by atoms with Gasteiger partial charge in [0.1, 0.15) is 16.6 Å². The quantitative estimate of drug-likeness (QED) is 0.521. The Morgan fingerprint density at radius 2 is 1.90 bits per heavy atom. The largest absolute Gasteiger partial charge is 0.390 e. The number of benzene rings is 1. The Labute approximate surface area is 175 Å². The number of rotatable bonds is 3. The van der Waals surface area contributed by atoms with Crippen LogP contribution in [0.1, 0.15) is 37.7 Å². The minimum Gasteiger partial charge on any atom is -0.390 e. The van der Waals surface area contributed by atoms with Gasteiger partial charge in [-0.15, -0.1) is 0 Å². The van der Waals surface area contributed by atoms with Crippen LogP contribution in [0, 0.1) is 6.92 Å². The lowest BCUT2D eigenvalue weighted by molar-refractivity contribution is 0.0521. The van der Waals surface area contributed by atoms with E-state index < -0.39 is 5.60 Å². The topological polar surface area (TPSA) is 111 Å². The van der Waals surface area contributed by atoms with E-state index in [-0.39, 0.29) is 11.2 Å². The van der Waals surface area contributed by atoms with E-state index in [0.717, 1.165) is 48.0 Å². The highest BCUT2D eigenvalue weighted by Crippen LogP contribution is 2.55. The number of fused-ring (bicyclic) bond motifs is 4. The van der Waals surface area contributed by atoms with Gasteiger partial charge in [0.15, 0.2) is 5.65 Å². The minimum atomic E-state index is -0.649. The summed E-state index contributed by atoms with van der Waals surface area (Å²) in [6, 6.07) is 3.92. The van der Waals surface area contributed by atoms with Crippen LogP contribution in [-0.4, -0.2) is 38.6 Å². The summed E-state index contributed by atoms with van der Waals surface area (Å²) in [5.74, 6) is 0.426. The summed E-state index contributed by atoms with van der Waals surface area (Å²) in [4.78, 5) is 22.3. The molecule has 154 valence electrons. The highest BCUT2D eigenvalue weighted by Gasteiger charge is 2.55.